The van der Waals surface area contributed by atoms with E-state index in [1.165, 1.54) is 12.1 Å². The van der Waals surface area contributed by atoms with E-state index in [0.29, 0.717) is 18.7 Å². The van der Waals surface area contributed by atoms with Crippen LogP contribution in [0.1, 0.15) is 26.2 Å². The zero-order valence-corrected chi connectivity index (χ0v) is 12.8. The Labute approximate surface area is 131 Å². The SMILES string of the molecule is CC1(C(=O)O)CCCCN1c1c(Cl)cc([N+](=O)[O-])cc1Cl. The molecular weight excluding hydrogens is 319 g/mol. The number of piperidine rings is 1. The van der Waals surface area contributed by atoms with Gasteiger partial charge in [0.05, 0.1) is 20.7 Å². The highest BCUT2D eigenvalue weighted by Gasteiger charge is 2.43. The highest BCUT2D eigenvalue weighted by atomic mass is 35.5. The van der Waals surface area contributed by atoms with Crippen LogP contribution < -0.4 is 4.90 Å². The maximum Gasteiger partial charge on any atom is 0.329 e. The van der Waals surface area contributed by atoms with Gasteiger partial charge in [-0.05, 0) is 26.2 Å². The summed E-state index contributed by atoms with van der Waals surface area (Å²) in [5, 5.41) is 20.5. The lowest BCUT2D eigenvalue weighted by Gasteiger charge is -2.43. The molecule has 1 saturated heterocycles. The Hall–Kier alpha value is -1.53. The molecule has 1 fully saturated rings. The lowest BCUT2D eigenvalue weighted by Crippen LogP contribution is -2.55. The van der Waals surface area contributed by atoms with Gasteiger partial charge in [-0.3, -0.25) is 10.1 Å². The number of benzene rings is 1. The maximum absolute atomic E-state index is 11.6. The van der Waals surface area contributed by atoms with E-state index in [9.17, 15) is 20.0 Å². The van der Waals surface area contributed by atoms with Crippen LogP contribution in [0.4, 0.5) is 11.4 Å². The van der Waals surface area contributed by atoms with Gasteiger partial charge in [-0.1, -0.05) is 23.2 Å². The standard InChI is InChI=1S/C13H14Cl2N2O4/c1-13(12(18)19)4-2-3-5-16(13)11-9(14)6-8(17(20)21)7-10(11)15/h6-7H,2-5H2,1H3,(H,18,19). The summed E-state index contributed by atoms with van der Waals surface area (Å²) in [6.45, 7) is 2.10. The van der Waals surface area contributed by atoms with Gasteiger partial charge in [-0.2, -0.15) is 0 Å². The van der Waals surface area contributed by atoms with Gasteiger partial charge in [-0.25, -0.2) is 4.79 Å². The minimum atomic E-state index is -1.12. The van der Waals surface area contributed by atoms with Crippen LogP contribution in [-0.2, 0) is 4.79 Å². The summed E-state index contributed by atoms with van der Waals surface area (Å²) in [7, 11) is 0. The molecule has 1 N–H and O–H groups in total. The topological polar surface area (TPSA) is 83.7 Å². The van der Waals surface area contributed by atoms with Crippen molar-refractivity contribution in [2.45, 2.75) is 31.7 Å². The van der Waals surface area contributed by atoms with Gasteiger partial charge in [0.25, 0.3) is 5.69 Å². The van der Waals surface area contributed by atoms with Crippen LogP contribution in [0, 0.1) is 10.1 Å². The monoisotopic (exact) mass is 332 g/mol. The number of nitro groups is 1. The molecule has 114 valence electrons. The van der Waals surface area contributed by atoms with Crippen LogP contribution >= 0.6 is 23.2 Å². The first-order valence-electron chi connectivity index (χ1n) is 6.42. The third-order valence-corrected chi connectivity index (χ3v) is 4.41. The zero-order chi connectivity index (χ0) is 15.8. The molecule has 0 aliphatic carbocycles. The van der Waals surface area contributed by atoms with E-state index in [2.05, 4.69) is 0 Å². The van der Waals surface area contributed by atoms with Crippen LogP contribution in [0.25, 0.3) is 0 Å². The van der Waals surface area contributed by atoms with Crippen LogP contribution in [0.15, 0.2) is 12.1 Å². The largest absolute Gasteiger partial charge is 0.480 e. The van der Waals surface area contributed by atoms with Crippen LogP contribution in [0.2, 0.25) is 10.0 Å². The Kier molecular flexibility index (Phi) is 4.30. The number of hydrogen-bond donors (Lipinski definition) is 1. The number of non-ortho nitro benzene ring substituents is 1. The van der Waals surface area contributed by atoms with Gasteiger partial charge in [0.1, 0.15) is 5.54 Å². The Morgan fingerprint density at radius 1 is 1.38 bits per heavy atom. The fourth-order valence-electron chi connectivity index (χ4n) is 2.62. The lowest BCUT2D eigenvalue weighted by atomic mass is 9.88. The Balaban J connectivity index is 2.54. The predicted octanol–water partition coefficient (Wildman–Crippen LogP) is 3.74. The average Bonchev–Trinajstić information content (AvgIpc) is 2.39. The normalized spacial score (nSPS) is 22.1. The van der Waals surface area contributed by atoms with E-state index in [0.717, 1.165) is 12.8 Å². The molecule has 1 aliphatic heterocycles. The van der Waals surface area contributed by atoms with E-state index in [-0.39, 0.29) is 15.7 Å². The van der Waals surface area contributed by atoms with E-state index in [1.807, 2.05) is 0 Å². The van der Waals surface area contributed by atoms with Crippen molar-refractivity contribution in [3.05, 3.63) is 32.3 Å². The van der Waals surface area contributed by atoms with Crippen molar-refractivity contribution in [1.29, 1.82) is 0 Å². The molecule has 0 radical (unpaired) electrons. The second-order valence-corrected chi connectivity index (χ2v) is 6.02. The first kappa shape index (κ1) is 15.9. The molecule has 0 aromatic heterocycles. The van der Waals surface area contributed by atoms with E-state index in [1.54, 1.807) is 11.8 Å². The van der Waals surface area contributed by atoms with E-state index < -0.39 is 16.4 Å². The second-order valence-electron chi connectivity index (χ2n) is 5.20. The summed E-state index contributed by atoms with van der Waals surface area (Å²) in [6, 6.07) is 2.39. The van der Waals surface area contributed by atoms with Crippen molar-refractivity contribution >= 4 is 40.5 Å². The average molecular weight is 333 g/mol. The maximum atomic E-state index is 11.6. The number of carbonyl (C=O) groups is 1. The third-order valence-electron chi connectivity index (χ3n) is 3.83. The third kappa shape index (κ3) is 2.78. The van der Waals surface area contributed by atoms with Crippen molar-refractivity contribution in [2.24, 2.45) is 0 Å². The molecule has 1 atom stereocenters. The molecule has 0 saturated carbocycles. The molecule has 1 heterocycles. The molecule has 2 rings (SSSR count). The summed E-state index contributed by atoms with van der Waals surface area (Å²) in [4.78, 5) is 23.5. The number of hydrogen-bond acceptors (Lipinski definition) is 4. The molecule has 8 heteroatoms. The number of nitrogens with zero attached hydrogens (tertiary/aromatic N) is 2. The molecule has 0 amide bonds. The number of carboxylic acid groups (broad SMARTS) is 1. The molecule has 1 unspecified atom stereocenters. The number of aliphatic carboxylic acids is 1. The fraction of sp³-hybridized carbons (Fsp3) is 0.462. The molecular formula is C13H14Cl2N2O4. The van der Waals surface area contributed by atoms with Gasteiger partial charge in [0, 0.05) is 18.7 Å². The Morgan fingerprint density at radius 3 is 2.43 bits per heavy atom. The van der Waals surface area contributed by atoms with Crippen LogP contribution in [0.5, 0.6) is 0 Å². The summed E-state index contributed by atoms with van der Waals surface area (Å²) in [5.74, 6) is -0.965. The summed E-state index contributed by atoms with van der Waals surface area (Å²) in [6.07, 6.45) is 2.07. The smallest absolute Gasteiger partial charge is 0.329 e. The number of halogens is 2. The summed E-state index contributed by atoms with van der Waals surface area (Å²) >= 11 is 12.2. The number of nitro benzene ring substituents is 1. The van der Waals surface area contributed by atoms with Crippen molar-refractivity contribution in [3.63, 3.8) is 0 Å². The molecule has 0 spiro atoms. The Morgan fingerprint density at radius 2 is 1.95 bits per heavy atom. The van der Waals surface area contributed by atoms with Gasteiger partial charge in [-0.15, -0.1) is 0 Å². The van der Waals surface area contributed by atoms with Gasteiger partial charge >= 0.3 is 5.97 Å². The molecule has 1 aromatic rings. The summed E-state index contributed by atoms with van der Waals surface area (Å²) < 4.78 is 0. The summed E-state index contributed by atoms with van der Waals surface area (Å²) in [5.41, 5.74) is -1.00. The first-order valence-corrected chi connectivity index (χ1v) is 7.17. The zero-order valence-electron chi connectivity index (χ0n) is 11.3. The van der Waals surface area contributed by atoms with Gasteiger partial charge in [0.15, 0.2) is 0 Å². The molecule has 1 aliphatic rings. The van der Waals surface area contributed by atoms with Crippen molar-refractivity contribution in [3.8, 4) is 0 Å². The minimum absolute atomic E-state index is 0.0866. The van der Waals surface area contributed by atoms with Gasteiger partial charge in [0.2, 0.25) is 0 Å². The lowest BCUT2D eigenvalue weighted by molar-refractivity contribution is -0.384. The van der Waals surface area contributed by atoms with E-state index in [4.69, 9.17) is 23.2 Å². The second kappa shape index (κ2) is 5.69. The highest BCUT2D eigenvalue weighted by molar-refractivity contribution is 6.39. The number of carboxylic acids is 1. The van der Waals surface area contributed by atoms with Crippen LogP contribution in [-0.4, -0.2) is 28.1 Å². The molecule has 6 nitrogen and oxygen atoms in total. The Bertz CT molecular complexity index is 585. The van der Waals surface area contributed by atoms with E-state index >= 15 is 0 Å². The number of rotatable bonds is 3. The van der Waals surface area contributed by atoms with Crippen molar-refractivity contribution < 1.29 is 14.8 Å². The van der Waals surface area contributed by atoms with Gasteiger partial charge < -0.3 is 10.0 Å². The van der Waals surface area contributed by atoms with Crippen molar-refractivity contribution in [2.75, 3.05) is 11.4 Å². The molecule has 21 heavy (non-hydrogen) atoms. The minimum Gasteiger partial charge on any atom is -0.480 e. The highest BCUT2D eigenvalue weighted by Crippen LogP contribution is 2.43. The number of anilines is 1. The predicted molar refractivity (Wildman–Crippen MR) is 80.4 cm³/mol. The first-order chi connectivity index (χ1) is 9.77. The van der Waals surface area contributed by atoms with Crippen molar-refractivity contribution in [1.82, 2.24) is 0 Å². The quantitative estimate of drug-likeness (QED) is 0.673. The van der Waals surface area contributed by atoms with Crippen LogP contribution in [0.3, 0.4) is 0 Å². The molecule has 0 bridgehead atoms. The molecule has 1 aromatic carbocycles. The fourth-order valence-corrected chi connectivity index (χ4v) is 3.30.